The van der Waals surface area contributed by atoms with Crippen LogP contribution in [0, 0.1) is 6.92 Å². The van der Waals surface area contributed by atoms with Crippen LogP contribution in [0.25, 0.3) is 32.5 Å². The highest BCUT2D eigenvalue weighted by Gasteiger charge is 2.13. The summed E-state index contributed by atoms with van der Waals surface area (Å²) in [6.07, 6.45) is 0. The molecule has 2 aromatic heterocycles. The summed E-state index contributed by atoms with van der Waals surface area (Å²) < 4.78 is 6.72. The van der Waals surface area contributed by atoms with Gasteiger partial charge in [-0.2, -0.15) is 0 Å². The zero-order chi connectivity index (χ0) is 15.3. The van der Waals surface area contributed by atoms with Gasteiger partial charge in [-0.25, -0.2) is 4.98 Å². The van der Waals surface area contributed by atoms with E-state index in [2.05, 4.69) is 4.98 Å². The molecule has 0 aliphatic carbocycles. The fourth-order valence-electron chi connectivity index (χ4n) is 2.59. The highest BCUT2D eigenvalue weighted by Crippen LogP contribution is 2.31. The van der Waals surface area contributed by atoms with E-state index in [-0.39, 0.29) is 5.43 Å². The molecule has 0 unspecified atom stereocenters. The van der Waals surface area contributed by atoms with Crippen molar-refractivity contribution in [3.05, 3.63) is 58.3 Å². The first-order valence-corrected chi connectivity index (χ1v) is 7.63. The number of aromatic nitrogens is 1. The molecule has 0 atom stereocenters. The molecule has 0 bridgehead atoms. The average Bonchev–Trinajstić information content (AvgIpc) is 2.87. The van der Waals surface area contributed by atoms with Gasteiger partial charge in [-0.1, -0.05) is 35.1 Å². The molecule has 0 saturated carbocycles. The van der Waals surface area contributed by atoms with Crippen molar-refractivity contribution in [2.75, 3.05) is 5.73 Å². The molecule has 4 rings (SSSR count). The molecule has 4 aromatic rings. The van der Waals surface area contributed by atoms with Crippen molar-refractivity contribution in [2.45, 2.75) is 6.92 Å². The Morgan fingerprint density at radius 2 is 2.05 bits per heavy atom. The van der Waals surface area contributed by atoms with E-state index in [9.17, 15) is 4.79 Å². The second-order valence-corrected chi connectivity index (χ2v) is 6.21. The number of rotatable bonds is 1. The molecular formula is C17H12N2O2S. The van der Waals surface area contributed by atoms with E-state index in [4.69, 9.17) is 10.2 Å². The number of thiazole rings is 1. The Morgan fingerprint density at radius 1 is 1.18 bits per heavy atom. The number of anilines is 1. The third-order valence-corrected chi connectivity index (χ3v) is 4.48. The molecule has 2 heterocycles. The normalized spacial score (nSPS) is 11.3. The lowest BCUT2D eigenvalue weighted by atomic mass is 10.1. The minimum absolute atomic E-state index is 0.0768. The van der Waals surface area contributed by atoms with Gasteiger partial charge in [0.15, 0.2) is 10.6 Å². The number of fused-ring (bicyclic) bond motifs is 3. The third kappa shape index (κ3) is 1.98. The van der Waals surface area contributed by atoms with Crippen LogP contribution in [0.4, 0.5) is 5.13 Å². The van der Waals surface area contributed by atoms with Crippen LogP contribution >= 0.6 is 11.3 Å². The van der Waals surface area contributed by atoms with Gasteiger partial charge < -0.3 is 10.2 Å². The minimum Gasteiger partial charge on any atom is -0.456 e. The van der Waals surface area contributed by atoms with E-state index in [1.807, 2.05) is 37.3 Å². The van der Waals surface area contributed by atoms with Gasteiger partial charge in [0, 0.05) is 11.6 Å². The van der Waals surface area contributed by atoms with E-state index < -0.39 is 0 Å². The predicted molar refractivity (Wildman–Crippen MR) is 90.2 cm³/mol. The molecule has 5 heteroatoms. The largest absolute Gasteiger partial charge is 0.456 e. The fraction of sp³-hybridized carbons (Fsp3) is 0.0588. The van der Waals surface area contributed by atoms with Gasteiger partial charge in [0.2, 0.25) is 0 Å². The summed E-state index contributed by atoms with van der Waals surface area (Å²) in [4.78, 5) is 16.8. The average molecular weight is 308 g/mol. The maximum absolute atomic E-state index is 12.6. The number of benzene rings is 2. The maximum atomic E-state index is 12.6. The van der Waals surface area contributed by atoms with Crippen molar-refractivity contribution in [3.63, 3.8) is 0 Å². The first-order chi connectivity index (χ1) is 10.6. The van der Waals surface area contributed by atoms with Gasteiger partial charge in [-0.05, 0) is 25.1 Å². The Kier molecular flexibility index (Phi) is 2.77. The summed E-state index contributed by atoms with van der Waals surface area (Å²) in [7, 11) is 0. The molecule has 0 fully saturated rings. The lowest BCUT2D eigenvalue weighted by Gasteiger charge is -2.04. The van der Waals surface area contributed by atoms with Crippen LogP contribution in [0.15, 0.2) is 51.7 Å². The number of hydrogen-bond acceptors (Lipinski definition) is 5. The van der Waals surface area contributed by atoms with Crippen molar-refractivity contribution >= 4 is 37.7 Å². The molecule has 2 N–H and O–H groups in total. The van der Waals surface area contributed by atoms with E-state index >= 15 is 0 Å². The van der Waals surface area contributed by atoms with E-state index in [1.165, 1.54) is 17.4 Å². The Morgan fingerprint density at radius 3 is 2.86 bits per heavy atom. The summed E-state index contributed by atoms with van der Waals surface area (Å²) >= 11 is 1.31. The van der Waals surface area contributed by atoms with E-state index in [1.54, 1.807) is 6.07 Å². The molecule has 22 heavy (non-hydrogen) atoms. The van der Waals surface area contributed by atoms with Gasteiger partial charge in [-0.15, -0.1) is 0 Å². The van der Waals surface area contributed by atoms with Crippen molar-refractivity contribution in [1.82, 2.24) is 4.98 Å². The van der Waals surface area contributed by atoms with Crippen LogP contribution in [0.2, 0.25) is 0 Å². The first kappa shape index (κ1) is 13.0. The monoisotopic (exact) mass is 308 g/mol. The fourth-order valence-corrected chi connectivity index (χ4v) is 3.46. The lowest BCUT2D eigenvalue weighted by molar-refractivity contribution is 0.619. The second-order valence-electron chi connectivity index (χ2n) is 5.18. The number of hydrogen-bond donors (Lipinski definition) is 1. The summed E-state index contributed by atoms with van der Waals surface area (Å²) in [5, 5.41) is 0.993. The first-order valence-electron chi connectivity index (χ1n) is 6.82. The highest BCUT2D eigenvalue weighted by atomic mass is 32.1. The van der Waals surface area contributed by atoms with Crippen LogP contribution in [0.3, 0.4) is 0 Å². The third-order valence-electron chi connectivity index (χ3n) is 3.57. The molecule has 2 aromatic carbocycles. The van der Waals surface area contributed by atoms with Gasteiger partial charge in [0.05, 0.1) is 15.6 Å². The number of nitrogens with two attached hydrogens (primary N) is 1. The van der Waals surface area contributed by atoms with Gasteiger partial charge >= 0.3 is 0 Å². The summed E-state index contributed by atoms with van der Waals surface area (Å²) in [6, 6.07) is 13.0. The standard InChI is InChI=1S/C17H12N2O2S/c1-9-3-2-4-10(7-9)14-8-12(20)15-13(21-14)6-5-11-16(15)22-17(18)19-11/h2-8H,1H3,(H2,18,19). The molecule has 0 aliphatic heterocycles. The van der Waals surface area contributed by atoms with Gasteiger partial charge in [-0.3, -0.25) is 4.79 Å². The number of nitrogens with zero attached hydrogens (tertiary/aromatic N) is 1. The van der Waals surface area contributed by atoms with Crippen molar-refractivity contribution in [2.24, 2.45) is 0 Å². The Hall–Kier alpha value is -2.66. The predicted octanol–water partition coefficient (Wildman–Crippen LogP) is 3.96. The molecule has 0 amide bonds. The van der Waals surface area contributed by atoms with Crippen LogP contribution < -0.4 is 11.2 Å². The van der Waals surface area contributed by atoms with Crippen LogP contribution in [0.1, 0.15) is 5.56 Å². The van der Waals surface area contributed by atoms with Gasteiger partial charge in [0.25, 0.3) is 0 Å². The van der Waals surface area contributed by atoms with Gasteiger partial charge in [0.1, 0.15) is 11.3 Å². The molecule has 0 saturated heterocycles. The zero-order valence-corrected chi connectivity index (χ0v) is 12.6. The summed E-state index contributed by atoms with van der Waals surface area (Å²) in [6.45, 7) is 2.01. The Labute approximate surface area is 129 Å². The molecule has 0 radical (unpaired) electrons. The van der Waals surface area contributed by atoms with Crippen LogP contribution in [-0.2, 0) is 0 Å². The van der Waals surface area contributed by atoms with Crippen LogP contribution in [0.5, 0.6) is 0 Å². The summed E-state index contributed by atoms with van der Waals surface area (Å²) in [5.74, 6) is 0.568. The SMILES string of the molecule is Cc1cccc(-c2cc(=O)c3c(ccc4nc(N)sc43)o2)c1. The molecule has 4 nitrogen and oxygen atoms in total. The maximum Gasteiger partial charge on any atom is 0.194 e. The van der Waals surface area contributed by atoms with Crippen molar-refractivity contribution in [1.29, 1.82) is 0 Å². The second kappa shape index (κ2) is 4.68. The molecule has 0 spiro atoms. The zero-order valence-electron chi connectivity index (χ0n) is 11.8. The summed E-state index contributed by atoms with van der Waals surface area (Å²) in [5.41, 5.74) is 8.96. The lowest BCUT2D eigenvalue weighted by Crippen LogP contribution is -2.00. The highest BCUT2D eigenvalue weighted by molar-refractivity contribution is 7.22. The Balaban J connectivity index is 2.05. The van der Waals surface area contributed by atoms with Crippen molar-refractivity contribution in [3.8, 4) is 11.3 Å². The number of aryl methyl sites for hydroxylation is 1. The minimum atomic E-state index is -0.0768. The van der Waals surface area contributed by atoms with E-state index in [0.29, 0.717) is 21.9 Å². The molecule has 0 aliphatic rings. The number of nitrogen functional groups attached to an aromatic ring is 1. The van der Waals surface area contributed by atoms with E-state index in [0.717, 1.165) is 21.3 Å². The van der Waals surface area contributed by atoms with Crippen LogP contribution in [-0.4, -0.2) is 4.98 Å². The smallest absolute Gasteiger partial charge is 0.194 e. The molecular weight excluding hydrogens is 296 g/mol. The Bertz CT molecular complexity index is 1080. The quantitative estimate of drug-likeness (QED) is 0.578. The van der Waals surface area contributed by atoms with Crippen molar-refractivity contribution < 1.29 is 4.42 Å². The topological polar surface area (TPSA) is 69.1 Å². The molecule has 108 valence electrons.